The van der Waals surface area contributed by atoms with Crippen molar-refractivity contribution in [1.82, 2.24) is 10.3 Å². The van der Waals surface area contributed by atoms with Crippen molar-refractivity contribution in [2.24, 2.45) is 0 Å². The Labute approximate surface area is 137 Å². The van der Waals surface area contributed by atoms with E-state index < -0.39 is 0 Å². The van der Waals surface area contributed by atoms with E-state index in [9.17, 15) is 0 Å². The zero-order chi connectivity index (χ0) is 16.3. The summed E-state index contributed by atoms with van der Waals surface area (Å²) < 4.78 is 16.3. The number of rotatable bonds is 10. The molecule has 5 heteroatoms. The number of benzene rings is 1. The molecule has 0 spiro atoms. The molecule has 0 saturated carbocycles. The lowest BCUT2D eigenvalue weighted by atomic mass is 10.2. The van der Waals surface area contributed by atoms with E-state index in [0.717, 1.165) is 48.9 Å². The molecule has 0 saturated heterocycles. The highest BCUT2D eigenvalue weighted by Crippen LogP contribution is 2.24. The van der Waals surface area contributed by atoms with Crippen LogP contribution < -0.4 is 14.8 Å². The molecule has 2 aromatic rings. The van der Waals surface area contributed by atoms with Crippen LogP contribution in [-0.2, 0) is 17.9 Å². The maximum absolute atomic E-state index is 5.92. The minimum Gasteiger partial charge on any atom is -0.497 e. The maximum atomic E-state index is 5.92. The molecule has 2 rings (SSSR count). The second-order valence-electron chi connectivity index (χ2n) is 5.11. The van der Waals surface area contributed by atoms with Crippen LogP contribution in [0.4, 0.5) is 0 Å². The van der Waals surface area contributed by atoms with E-state index >= 15 is 0 Å². The molecule has 0 aliphatic heterocycles. The van der Waals surface area contributed by atoms with Crippen LogP contribution in [0.2, 0.25) is 0 Å². The van der Waals surface area contributed by atoms with Crippen LogP contribution in [0.3, 0.4) is 0 Å². The molecule has 1 aromatic carbocycles. The van der Waals surface area contributed by atoms with Crippen molar-refractivity contribution in [2.45, 2.75) is 19.6 Å². The van der Waals surface area contributed by atoms with Crippen molar-refractivity contribution in [1.29, 1.82) is 0 Å². The van der Waals surface area contributed by atoms with E-state index in [1.807, 2.05) is 36.4 Å². The highest BCUT2D eigenvalue weighted by atomic mass is 16.5. The lowest BCUT2D eigenvalue weighted by Crippen LogP contribution is -2.17. The molecule has 0 bridgehead atoms. The van der Waals surface area contributed by atoms with Gasteiger partial charge in [-0.25, -0.2) is 0 Å². The Hall–Kier alpha value is -2.11. The van der Waals surface area contributed by atoms with Gasteiger partial charge in [0, 0.05) is 32.0 Å². The zero-order valence-corrected chi connectivity index (χ0v) is 13.7. The van der Waals surface area contributed by atoms with Crippen molar-refractivity contribution in [3.8, 4) is 11.5 Å². The van der Waals surface area contributed by atoms with Crippen LogP contribution in [0.1, 0.15) is 17.7 Å². The summed E-state index contributed by atoms with van der Waals surface area (Å²) in [6, 6.07) is 11.6. The summed E-state index contributed by atoms with van der Waals surface area (Å²) in [5.74, 6) is 1.67. The van der Waals surface area contributed by atoms with Crippen molar-refractivity contribution in [2.75, 3.05) is 27.4 Å². The summed E-state index contributed by atoms with van der Waals surface area (Å²) in [7, 11) is 3.38. The molecule has 1 aromatic heterocycles. The number of methoxy groups -OCH3 is 2. The molecule has 0 fully saturated rings. The lowest BCUT2D eigenvalue weighted by Gasteiger charge is -2.13. The van der Waals surface area contributed by atoms with E-state index in [4.69, 9.17) is 14.2 Å². The average Bonchev–Trinajstić information content (AvgIpc) is 2.61. The van der Waals surface area contributed by atoms with Crippen molar-refractivity contribution in [3.05, 3.63) is 53.9 Å². The first-order valence-corrected chi connectivity index (χ1v) is 7.72. The Bertz CT molecular complexity index is 576. The molecule has 1 N–H and O–H groups in total. The third kappa shape index (κ3) is 5.88. The molecule has 1 heterocycles. The van der Waals surface area contributed by atoms with Gasteiger partial charge >= 0.3 is 0 Å². The molecule has 0 radical (unpaired) electrons. The van der Waals surface area contributed by atoms with Crippen LogP contribution >= 0.6 is 0 Å². The topological polar surface area (TPSA) is 52.6 Å². The monoisotopic (exact) mass is 316 g/mol. The molecule has 0 aliphatic rings. The molecular formula is C18H24N2O3. The maximum Gasteiger partial charge on any atom is 0.130 e. The predicted molar refractivity (Wildman–Crippen MR) is 89.8 cm³/mol. The van der Waals surface area contributed by atoms with Gasteiger partial charge < -0.3 is 19.5 Å². The second-order valence-corrected chi connectivity index (χ2v) is 5.11. The van der Waals surface area contributed by atoms with Gasteiger partial charge in [-0.1, -0.05) is 6.07 Å². The first-order chi connectivity index (χ1) is 11.3. The van der Waals surface area contributed by atoms with Gasteiger partial charge in [0.05, 0.1) is 12.8 Å². The third-order valence-corrected chi connectivity index (χ3v) is 3.39. The predicted octanol–water partition coefficient (Wildman–Crippen LogP) is 2.80. The fourth-order valence-electron chi connectivity index (χ4n) is 2.16. The molecular weight excluding hydrogens is 292 g/mol. The molecule has 0 atom stereocenters. The second kappa shape index (κ2) is 9.82. The number of pyridine rings is 1. The Kier molecular flexibility index (Phi) is 7.36. The fraction of sp³-hybridized carbons (Fsp3) is 0.389. The van der Waals surface area contributed by atoms with Gasteiger partial charge in [-0.05, 0) is 43.3 Å². The number of nitrogens with one attached hydrogen (secondary N) is 1. The third-order valence-electron chi connectivity index (χ3n) is 3.39. The standard InChI is InChI=1S/C18H24N2O3/c1-21-11-5-9-19-13-15-12-17(22-2)7-8-18(15)23-14-16-6-3-4-10-20-16/h3-4,6-8,10,12,19H,5,9,11,13-14H2,1-2H3. The van der Waals surface area contributed by atoms with E-state index in [0.29, 0.717) is 6.61 Å². The van der Waals surface area contributed by atoms with E-state index in [-0.39, 0.29) is 0 Å². The smallest absolute Gasteiger partial charge is 0.130 e. The summed E-state index contributed by atoms with van der Waals surface area (Å²) in [4.78, 5) is 4.27. The number of ether oxygens (including phenoxy) is 3. The molecule has 0 aliphatic carbocycles. The summed E-state index contributed by atoms with van der Waals surface area (Å²) >= 11 is 0. The van der Waals surface area contributed by atoms with Gasteiger partial charge in [0.1, 0.15) is 18.1 Å². The summed E-state index contributed by atoms with van der Waals surface area (Å²) in [5.41, 5.74) is 1.97. The van der Waals surface area contributed by atoms with Gasteiger partial charge in [0.2, 0.25) is 0 Å². The first kappa shape index (κ1) is 17.2. The normalized spacial score (nSPS) is 10.5. The molecule has 124 valence electrons. The van der Waals surface area contributed by atoms with Crippen LogP contribution in [0.25, 0.3) is 0 Å². The molecule has 23 heavy (non-hydrogen) atoms. The van der Waals surface area contributed by atoms with Crippen molar-refractivity contribution >= 4 is 0 Å². The minimum absolute atomic E-state index is 0.448. The average molecular weight is 316 g/mol. The Morgan fingerprint density at radius 1 is 1.13 bits per heavy atom. The highest BCUT2D eigenvalue weighted by molar-refractivity contribution is 5.40. The largest absolute Gasteiger partial charge is 0.497 e. The molecule has 0 unspecified atom stereocenters. The van der Waals surface area contributed by atoms with E-state index in [1.54, 1.807) is 20.4 Å². The molecule has 5 nitrogen and oxygen atoms in total. The number of aromatic nitrogens is 1. The Balaban J connectivity index is 1.96. The van der Waals surface area contributed by atoms with Gasteiger partial charge in [-0.3, -0.25) is 4.98 Å². The van der Waals surface area contributed by atoms with Crippen LogP contribution in [0.15, 0.2) is 42.6 Å². The van der Waals surface area contributed by atoms with Gasteiger partial charge in [-0.2, -0.15) is 0 Å². The molecule has 0 amide bonds. The summed E-state index contributed by atoms with van der Waals surface area (Å²) in [6.45, 7) is 2.82. The zero-order valence-electron chi connectivity index (χ0n) is 13.7. The minimum atomic E-state index is 0.448. The number of nitrogens with zero attached hydrogens (tertiary/aromatic N) is 1. The lowest BCUT2D eigenvalue weighted by molar-refractivity contribution is 0.194. The number of hydrogen-bond donors (Lipinski definition) is 1. The van der Waals surface area contributed by atoms with Gasteiger partial charge in [0.25, 0.3) is 0 Å². The van der Waals surface area contributed by atoms with Crippen LogP contribution in [0.5, 0.6) is 11.5 Å². The summed E-state index contributed by atoms with van der Waals surface area (Å²) in [6.07, 6.45) is 2.75. The highest BCUT2D eigenvalue weighted by Gasteiger charge is 2.06. The Morgan fingerprint density at radius 2 is 2.04 bits per heavy atom. The summed E-state index contributed by atoms with van der Waals surface area (Å²) in [5, 5.41) is 3.40. The van der Waals surface area contributed by atoms with Crippen LogP contribution in [0, 0.1) is 0 Å². The fourth-order valence-corrected chi connectivity index (χ4v) is 2.16. The SMILES string of the molecule is COCCCNCc1cc(OC)ccc1OCc1ccccn1. The van der Waals surface area contributed by atoms with Crippen molar-refractivity contribution in [3.63, 3.8) is 0 Å². The quantitative estimate of drug-likeness (QED) is 0.683. The first-order valence-electron chi connectivity index (χ1n) is 7.72. The Morgan fingerprint density at radius 3 is 2.78 bits per heavy atom. The van der Waals surface area contributed by atoms with Gasteiger partial charge in [-0.15, -0.1) is 0 Å². The van der Waals surface area contributed by atoms with Gasteiger partial charge in [0.15, 0.2) is 0 Å². The number of hydrogen-bond acceptors (Lipinski definition) is 5. The van der Waals surface area contributed by atoms with E-state index in [2.05, 4.69) is 10.3 Å². The van der Waals surface area contributed by atoms with Crippen LogP contribution in [-0.4, -0.2) is 32.4 Å². The van der Waals surface area contributed by atoms with E-state index in [1.165, 1.54) is 0 Å². The van der Waals surface area contributed by atoms with Crippen molar-refractivity contribution < 1.29 is 14.2 Å².